The van der Waals surface area contributed by atoms with Crippen molar-refractivity contribution >= 4 is 5.78 Å². The van der Waals surface area contributed by atoms with Gasteiger partial charge in [0.15, 0.2) is 5.78 Å². The van der Waals surface area contributed by atoms with E-state index in [-0.39, 0.29) is 5.78 Å². The summed E-state index contributed by atoms with van der Waals surface area (Å²) in [6.07, 6.45) is 8.95. The number of ketones is 1. The molecule has 0 atom stereocenters. The van der Waals surface area contributed by atoms with Crippen LogP contribution in [0.25, 0.3) is 0 Å². The van der Waals surface area contributed by atoms with Crippen LogP contribution in [-0.2, 0) is 10.4 Å². The fraction of sp³-hybridized carbons (Fsp3) is 0.414. The van der Waals surface area contributed by atoms with Crippen molar-refractivity contribution in [2.24, 2.45) is 11.1 Å². The van der Waals surface area contributed by atoms with Gasteiger partial charge in [-0.3, -0.25) is 9.69 Å². The molecular weight excluding hydrogens is 460 g/mol. The Morgan fingerprint density at radius 3 is 1.97 bits per heavy atom. The smallest absolute Gasteiger partial charge is 0.160 e. The molecule has 1 fully saturated rings. The van der Waals surface area contributed by atoms with Crippen molar-refractivity contribution in [2.45, 2.75) is 37.3 Å². The van der Waals surface area contributed by atoms with Crippen LogP contribution in [0.3, 0.4) is 0 Å². The number of allylic oxidation sites excluding steroid dienone is 2. The topological polar surface area (TPSA) is 78.6 Å². The lowest BCUT2D eigenvalue weighted by molar-refractivity contribution is -0.125. The molecule has 192 valence electrons. The number of Topliss-reactive ketones (excluding diaryl/α,β-unsaturated/α-hetero) is 1. The molecule has 0 aromatic heterocycles. The number of carbonyl (C=O) groups is 1. The van der Waals surface area contributed by atoms with Crippen LogP contribution in [-0.4, -0.2) is 54.1 Å². The number of nitrogens with zero attached hydrogens (tertiary/aromatic N) is 1. The van der Waals surface area contributed by atoms with Gasteiger partial charge in [-0.15, -0.1) is 0 Å². The van der Waals surface area contributed by atoms with E-state index in [4.69, 9.17) is 5.73 Å². The minimum atomic E-state index is -1.42. The number of hydrogen-bond acceptors (Lipinski definition) is 5. The highest BCUT2D eigenvalue weighted by Gasteiger charge is 2.36. The maximum Gasteiger partial charge on any atom is 0.160 e. The number of rotatable bonds is 9. The minimum Gasteiger partial charge on any atom is -0.380 e. The average molecular weight is 496 g/mol. The molecule has 1 aliphatic heterocycles. The van der Waals surface area contributed by atoms with Gasteiger partial charge in [-0.1, -0.05) is 48.6 Å². The molecule has 2 aliphatic rings. The third kappa shape index (κ3) is 5.98. The van der Waals surface area contributed by atoms with Crippen LogP contribution in [0.1, 0.15) is 37.3 Å². The van der Waals surface area contributed by atoms with Crippen molar-refractivity contribution in [3.63, 3.8) is 0 Å². The monoisotopic (exact) mass is 495 g/mol. The lowest BCUT2D eigenvalue weighted by Crippen LogP contribution is -2.48. The Hall–Kier alpha value is -2.71. The number of aliphatic hydroxyl groups is 1. The van der Waals surface area contributed by atoms with Crippen molar-refractivity contribution in [2.75, 3.05) is 32.7 Å². The number of benzene rings is 2. The third-order valence-electron chi connectivity index (χ3n) is 7.45. The number of piperazine rings is 1. The first-order chi connectivity index (χ1) is 17.1. The number of hydrogen-bond donors (Lipinski definition) is 3. The Morgan fingerprint density at radius 2 is 1.47 bits per heavy atom. The summed E-state index contributed by atoms with van der Waals surface area (Å²) in [4.78, 5) is 15.2. The van der Waals surface area contributed by atoms with Gasteiger partial charge in [0.25, 0.3) is 0 Å². The summed E-state index contributed by atoms with van der Waals surface area (Å²) < 4.78 is 27.1. The van der Waals surface area contributed by atoms with E-state index < -0.39 is 28.2 Å². The Labute approximate surface area is 211 Å². The quantitative estimate of drug-likeness (QED) is 0.463. The summed E-state index contributed by atoms with van der Waals surface area (Å²) in [7, 11) is 0. The van der Waals surface area contributed by atoms with E-state index in [1.54, 1.807) is 24.3 Å². The van der Waals surface area contributed by atoms with E-state index in [1.165, 1.54) is 24.3 Å². The standard InChI is InChI=1S/C29H35F2N3O2/c1-27(26(35)21-34-19-17-33-18-20-34)13-15-28(32,16-14-27)11-2-12-29(36,22-3-7-24(30)8-4-22)23-5-9-25(31)10-6-23/h3-10,13-16,33,36H,2,11-12,17-21,32H2,1H3. The minimum absolute atomic E-state index is 0.140. The van der Waals surface area contributed by atoms with Gasteiger partial charge >= 0.3 is 0 Å². The van der Waals surface area contributed by atoms with Crippen molar-refractivity contribution in [3.05, 3.63) is 95.6 Å². The molecule has 0 unspecified atom stereocenters. The molecule has 2 aromatic rings. The molecule has 0 saturated carbocycles. The van der Waals surface area contributed by atoms with Gasteiger partial charge in [0.05, 0.1) is 17.5 Å². The SMILES string of the molecule is CC1(C(=O)CN2CCNCC2)C=CC(N)(CCCC(O)(c2ccc(F)cc2)c2ccc(F)cc2)C=C1. The molecule has 1 heterocycles. The summed E-state index contributed by atoms with van der Waals surface area (Å²) in [6.45, 7) is 5.83. The van der Waals surface area contributed by atoms with Crippen LogP contribution in [0.15, 0.2) is 72.8 Å². The molecule has 36 heavy (non-hydrogen) atoms. The third-order valence-corrected chi connectivity index (χ3v) is 7.45. The second-order valence-electron chi connectivity index (χ2n) is 10.2. The maximum absolute atomic E-state index is 13.5. The van der Waals surface area contributed by atoms with Crippen LogP contribution >= 0.6 is 0 Å². The molecule has 1 saturated heterocycles. The molecule has 4 N–H and O–H groups in total. The highest BCUT2D eigenvalue weighted by Crippen LogP contribution is 2.37. The van der Waals surface area contributed by atoms with Crippen molar-refractivity contribution in [3.8, 4) is 0 Å². The van der Waals surface area contributed by atoms with Crippen molar-refractivity contribution < 1.29 is 18.7 Å². The molecule has 4 rings (SSSR count). The fourth-order valence-corrected chi connectivity index (χ4v) is 4.92. The highest BCUT2D eigenvalue weighted by atomic mass is 19.1. The van der Waals surface area contributed by atoms with Crippen LogP contribution in [0.4, 0.5) is 8.78 Å². The zero-order chi connectivity index (χ0) is 25.8. The summed E-state index contributed by atoms with van der Waals surface area (Å²) in [6, 6.07) is 11.4. The van der Waals surface area contributed by atoms with E-state index in [9.17, 15) is 18.7 Å². The fourth-order valence-electron chi connectivity index (χ4n) is 4.92. The molecule has 2 aromatic carbocycles. The first-order valence-electron chi connectivity index (χ1n) is 12.5. The van der Waals surface area contributed by atoms with E-state index in [1.807, 2.05) is 31.2 Å². The Morgan fingerprint density at radius 1 is 0.972 bits per heavy atom. The lowest BCUT2D eigenvalue weighted by Gasteiger charge is -2.35. The number of nitrogens with two attached hydrogens (primary N) is 1. The molecule has 0 spiro atoms. The molecule has 0 amide bonds. The Bertz CT molecular complexity index is 1050. The van der Waals surface area contributed by atoms with Crippen LogP contribution in [0.2, 0.25) is 0 Å². The zero-order valence-corrected chi connectivity index (χ0v) is 20.7. The van der Waals surface area contributed by atoms with E-state index in [0.717, 1.165) is 26.2 Å². The predicted molar refractivity (Wildman–Crippen MR) is 137 cm³/mol. The van der Waals surface area contributed by atoms with Crippen molar-refractivity contribution in [1.82, 2.24) is 10.2 Å². The molecular formula is C29H35F2N3O2. The molecule has 0 bridgehead atoms. The number of carbonyl (C=O) groups excluding carboxylic acids is 1. The van der Waals surface area contributed by atoms with Gasteiger partial charge in [-0.2, -0.15) is 0 Å². The largest absolute Gasteiger partial charge is 0.380 e. The summed E-state index contributed by atoms with van der Waals surface area (Å²) in [5.41, 5.74) is 4.82. The van der Waals surface area contributed by atoms with Crippen molar-refractivity contribution in [1.29, 1.82) is 0 Å². The lowest BCUT2D eigenvalue weighted by atomic mass is 9.75. The Kier molecular flexibility index (Phi) is 7.85. The summed E-state index contributed by atoms with van der Waals surface area (Å²) in [5, 5.41) is 15.0. The second kappa shape index (κ2) is 10.7. The van der Waals surface area contributed by atoms with Crippen LogP contribution in [0.5, 0.6) is 0 Å². The van der Waals surface area contributed by atoms with Crippen LogP contribution in [0, 0.1) is 17.0 Å². The molecule has 5 nitrogen and oxygen atoms in total. The van der Waals surface area contributed by atoms with E-state index >= 15 is 0 Å². The Balaban J connectivity index is 1.43. The zero-order valence-electron chi connectivity index (χ0n) is 20.7. The van der Waals surface area contributed by atoms with Gasteiger partial charge < -0.3 is 16.2 Å². The van der Waals surface area contributed by atoms with Crippen LogP contribution < -0.4 is 11.1 Å². The first kappa shape index (κ1) is 26.4. The second-order valence-corrected chi connectivity index (χ2v) is 10.2. The number of nitrogens with one attached hydrogen (secondary N) is 1. The van der Waals surface area contributed by atoms with Gasteiger partial charge in [-0.05, 0) is 61.6 Å². The average Bonchev–Trinajstić information content (AvgIpc) is 2.87. The van der Waals surface area contributed by atoms with E-state index in [0.29, 0.717) is 36.9 Å². The van der Waals surface area contributed by atoms with Gasteiger partial charge in [0.1, 0.15) is 17.2 Å². The van der Waals surface area contributed by atoms with E-state index in [2.05, 4.69) is 10.2 Å². The molecule has 1 aliphatic carbocycles. The van der Waals surface area contributed by atoms with Gasteiger partial charge in [-0.25, -0.2) is 8.78 Å². The summed E-state index contributed by atoms with van der Waals surface area (Å²) >= 11 is 0. The van der Waals surface area contributed by atoms with Gasteiger partial charge in [0.2, 0.25) is 0 Å². The molecule has 0 radical (unpaired) electrons. The number of halogens is 2. The molecule has 7 heteroatoms. The summed E-state index contributed by atoms with van der Waals surface area (Å²) in [5.74, 6) is -0.651. The first-order valence-corrected chi connectivity index (χ1v) is 12.5. The van der Waals surface area contributed by atoms with Gasteiger partial charge in [0, 0.05) is 26.2 Å². The normalized spacial score (nSPS) is 24.7. The predicted octanol–water partition coefficient (Wildman–Crippen LogP) is 3.68. The highest BCUT2D eigenvalue weighted by molar-refractivity contribution is 5.90. The maximum atomic E-state index is 13.5.